The van der Waals surface area contributed by atoms with Crippen LogP contribution in [-0.4, -0.2) is 37.3 Å². The molecule has 1 heterocycles. The van der Waals surface area contributed by atoms with Crippen LogP contribution in [0.25, 0.3) is 0 Å². The van der Waals surface area contributed by atoms with Gasteiger partial charge in [0.05, 0.1) is 6.42 Å². The minimum Gasteiger partial charge on any atom is -0.314 e. The van der Waals surface area contributed by atoms with Gasteiger partial charge >= 0.3 is 6.18 Å². The fourth-order valence-electron chi connectivity index (χ4n) is 2.78. The van der Waals surface area contributed by atoms with Crippen LogP contribution in [0, 0.1) is 13.8 Å². The van der Waals surface area contributed by atoms with Crippen molar-refractivity contribution in [3.05, 3.63) is 34.9 Å². The van der Waals surface area contributed by atoms with Gasteiger partial charge in [0, 0.05) is 32.2 Å². The van der Waals surface area contributed by atoms with E-state index in [1.54, 1.807) is 0 Å². The lowest BCUT2D eigenvalue weighted by Gasteiger charge is -2.36. The van der Waals surface area contributed by atoms with Crippen molar-refractivity contribution in [1.29, 1.82) is 0 Å². The molecule has 2 rings (SSSR count). The summed E-state index contributed by atoms with van der Waals surface area (Å²) in [6.07, 6.45) is -4.93. The van der Waals surface area contributed by atoms with Crippen molar-refractivity contribution in [1.82, 2.24) is 10.2 Å². The Kier molecular flexibility index (Phi) is 6.50. The second-order valence-electron chi connectivity index (χ2n) is 5.41. The van der Waals surface area contributed by atoms with Gasteiger partial charge in [0.15, 0.2) is 0 Å². The van der Waals surface area contributed by atoms with Crippen LogP contribution in [0.2, 0.25) is 0 Å². The van der Waals surface area contributed by atoms with E-state index in [1.165, 1.54) is 0 Å². The molecule has 2 nitrogen and oxygen atoms in total. The van der Waals surface area contributed by atoms with Crippen LogP contribution >= 0.6 is 12.4 Å². The van der Waals surface area contributed by atoms with Crippen molar-refractivity contribution in [2.45, 2.75) is 32.5 Å². The molecule has 0 spiro atoms. The van der Waals surface area contributed by atoms with Gasteiger partial charge in [0.2, 0.25) is 0 Å². The van der Waals surface area contributed by atoms with Crippen LogP contribution in [0.1, 0.15) is 29.2 Å². The lowest BCUT2D eigenvalue weighted by molar-refractivity contribution is -0.148. The summed E-state index contributed by atoms with van der Waals surface area (Å²) < 4.78 is 38.8. The molecular formula is C15H22ClF3N2. The molecule has 1 fully saturated rings. The second-order valence-corrected chi connectivity index (χ2v) is 5.41. The molecule has 1 aliphatic rings. The van der Waals surface area contributed by atoms with E-state index >= 15 is 0 Å². The van der Waals surface area contributed by atoms with Gasteiger partial charge in [-0.1, -0.05) is 18.2 Å². The molecule has 0 aromatic heterocycles. The Bertz CT molecular complexity index is 457. The number of nitrogens with zero attached hydrogens (tertiary/aromatic N) is 1. The van der Waals surface area contributed by atoms with E-state index in [2.05, 4.69) is 5.32 Å². The SMILES string of the molecule is Cc1cccc([C@H](CC(F)(F)F)N2CCNCC2)c1C.Cl. The molecule has 1 saturated heterocycles. The maximum Gasteiger partial charge on any atom is 0.390 e. The highest BCUT2D eigenvalue weighted by atomic mass is 35.5. The first-order chi connectivity index (χ1) is 9.38. The van der Waals surface area contributed by atoms with E-state index in [9.17, 15) is 13.2 Å². The largest absolute Gasteiger partial charge is 0.390 e. The fourth-order valence-corrected chi connectivity index (χ4v) is 2.78. The summed E-state index contributed by atoms with van der Waals surface area (Å²) >= 11 is 0. The predicted molar refractivity (Wildman–Crippen MR) is 81.0 cm³/mol. The zero-order valence-electron chi connectivity index (χ0n) is 12.3. The van der Waals surface area contributed by atoms with Crippen molar-refractivity contribution in [2.75, 3.05) is 26.2 Å². The molecule has 21 heavy (non-hydrogen) atoms. The van der Waals surface area contributed by atoms with Gasteiger partial charge in [-0.05, 0) is 30.5 Å². The van der Waals surface area contributed by atoms with Gasteiger partial charge in [0.25, 0.3) is 0 Å². The van der Waals surface area contributed by atoms with E-state index in [1.807, 2.05) is 36.9 Å². The van der Waals surface area contributed by atoms with E-state index < -0.39 is 18.6 Å². The maximum absolute atomic E-state index is 12.9. The molecule has 0 radical (unpaired) electrons. The fraction of sp³-hybridized carbons (Fsp3) is 0.600. The molecule has 0 unspecified atom stereocenters. The number of alkyl halides is 3. The van der Waals surface area contributed by atoms with Crippen LogP contribution in [-0.2, 0) is 0 Å². The third-order valence-corrected chi connectivity index (χ3v) is 4.02. The minimum absolute atomic E-state index is 0. The first-order valence-electron chi connectivity index (χ1n) is 6.96. The Balaban J connectivity index is 0.00000220. The highest BCUT2D eigenvalue weighted by molar-refractivity contribution is 5.85. The number of piperazine rings is 1. The van der Waals surface area contributed by atoms with Gasteiger partial charge < -0.3 is 5.32 Å². The number of halogens is 4. The number of benzene rings is 1. The molecule has 1 atom stereocenters. The van der Waals surface area contributed by atoms with Crippen molar-refractivity contribution in [3.8, 4) is 0 Å². The Morgan fingerprint density at radius 1 is 1.19 bits per heavy atom. The molecule has 0 saturated carbocycles. The van der Waals surface area contributed by atoms with E-state index in [-0.39, 0.29) is 12.4 Å². The molecule has 120 valence electrons. The van der Waals surface area contributed by atoms with Crippen LogP contribution in [0.5, 0.6) is 0 Å². The number of rotatable bonds is 3. The second kappa shape index (κ2) is 7.47. The highest BCUT2D eigenvalue weighted by Gasteiger charge is 2.36. The molecule has 1 aromatic carbocycles. The van der Waals surface area contributed by atoms with Gasteiger partial charge in [-0.2, -0.15) is 13.2 Å². The molecule has 6 heteroatoms. The predicted octanol–water partition coefficient (Wildman–Crippen LogP) is 3.62. The van der Waals surface area contributed by atoms with E-state index in [0.29, 0.717) is 13.1 Å². The average molecular weight is 323 g/mol. The molecule has 1 aliphatic heterocycles. The molecule has 0 aliphatic carbocycles. The van der Waals surface area contributed by atoms with Crippen LogP contribution in [0.3, 0.4) is 0 Å². The topological polar surface area (TPSA) is 15.3 Å². The monoisotopic (exact) mass is 322 g/mol. The lowest BCUT2D eigenvalue weighted by atomic mass is 9.94. The summed E-state index contributed by atoms with van der Waals surface area (Å²) in [5, 5.41) is 3.19. The van der Waals surface area contributed by atoms with Crippen LogP contribution in [0.4, 0.5) is 13.2 Å². The van der Waals surface area contributed by atoms with Crippen LogP contribution in [0.15, 0.2) is 18.2 Å². The molecular weight excluding hydrogens is 301 g/mol. The smallest absolute Gasteiger partial charge is 0.314 e. The Labute approximate surface area is 130 Å². The van der Waals surface area contributed by atoms with Gasteiger partial charge in [0.1, 0.15) is 0 Å². The normalized spacial score (nSPS) is 18.1. The van der Waals surface area contributed by atoms with Crippen molar-refractivity contribution >= 4 is 12.4 Å². The zero-order chi connectivity index (χ0) is 14.8. The molecule has 1 N–H and O–H groups in total. The first-order valence-corrected chi connectivity index (χ1v) is 6.96. The van der Waals surface area contributed by atoms with E-state index in [4.69, 9.17) is 0 Å². The van der Waals surface area contributed by atoms with Crippen LogP contribution < -0.4 is 5.32 Å². The number of hydrogen-bond acceptors (Lipinski definition) is 2. The third-order valence-electron chi connectivity index (χ3n) is 4.02. The molecule has 0 amide bonds. The third kappa shape index (κ3) is 4.87. The quantitative estimate of drug-likeness (QED) is 0.914. The van der Waals surface area contributed by atoms with Gasteiger partial charge in [-0.3, -0.25) is 4.90 Å². The van der Waals surface area contributed by atoms with Gasteiger partial charge in [-0.15, -0.1) is 12.4 Å². The first kappa shape index (κ1) is 18.3. The van der Waals surface area contributed by atoms with Crippen molar-refractivity contribution in [3.63, 3.8) is 0 Å². The zero-order valence-corrected chi connectivity index (χ0v) is 13.2. The standard InChI is InChI=1S/C15H21F3N2.ClH/c1-11-4-3-5-13(12(11)2)14(10-15(16,17)18)20-8-6-19-7-9-20;/h3-5,14,19H,6-10H2,1-2H3;1H/t14-;/m0./s1. The number of aryl methyl sites for hydroxylation is 1. The summed E-state index contributed by atoms with van der Waals surface area (Å²) in [4.78, 5) is 1.95. The summed E-state index contributed by atoms with van der Waals surface area (Å²) in [7, 11) is 0. The summed E-state index contributed by atoms with van der Waals surface area (Å²) in [6, 6.07) is 5.06. The minimum atomic E-state index is -4.15. The highest BCUT2D eigenvalue weighted by Crippen LogP contribution is 2.35. The number of hydrogen-bond donors (Lipinski definition) is 1. The van der Waals surface area contributed by atoms with Crippen molar-refractivity contribution in [2.24, 2.45) is 0 Å². The Morgan fingerprint density at radius 2 is 1.81 bits per heavy atom. The molecule has 1 aromatic rings. The maximum atomic E-state index is 12.9. The Morgan fingerprint density at radius 3 is 2.38 bits per heavy atom. The summed E-state index contributed by atoms with van der Waals surface area (Å²) in [5.41, 5.74) is 2.83. The molecule has 0 bridgehead atoms. The number of nitrogens with one attached hydrogen (secondary N) is 1. The van der Waals surface area contributed by atoms with Gasteiger partial charge in [-0.25, -0.2) is 0 Å². The Hall–Kier alpha value is -0.780. The van der Waals surface area contributed by atoms with E-state index in [0.717, 1.165) is 29.8 Å². The lowest BCUT2D eigenvalue weighted by Crippen LogP contribution is -2.46. The average Bonchev–Trinajstić information content (AvgIpc) is 2.40. The van der Waals surface area contributed by atoms with Crippen molar-refractivity contribution < 1.29 is 13.2 Å². The summed E-state index contributed by atoms with van der Waals surface area (Å²) in [6.45, 7) is 6.68. The summed E-state index contributed by atoms with van der Waals surface area (Å²) in [5.74, 6) is 0.